The molecule has 0 saturated heterocycles. The minimum Gasteiger partial charge on any atom is -0.478 e. The van der Waals surface area contributed by atoms with Crippen LogP contribution in [0.3, 0.4) is 0 Å². The first-order chi connectivity index (χ1) is 8.90. The Morgan fingerprint density at radius 3 is 2.74 bits per heavy atom. The highest BCUT2D eigenvalue weighted by molar-refractivity contribution is 6.30. The van der Waals surface area contributed by atoms with Crippen LogP contribution >= 0.6 is 11.6 Å². The van der Waals surface area contributed by atoms with E-state index in [4.69, 9.17) is 11.6 Å². The number of carboxylic acids is 1. The fourth-order valence-electron chi connectivity index (χ4n) is 1.95. The van der Waals surface area contributed by atoms with Crippen LogP contribution in [-0.2, 0) is 4.79 Å². The zero-order valence-corrected chi connectivity index (χ0v) is 10.6. The smallest absolute Gasteiger partial charge is 0.335 e. The van der Waals surface area contributed by atoms with E-state index in [1.54, 1.807) is 0 Å². The van der Waals surface area contributed by atoms with E-state index in [0.29, 0.717) is 0 Å². The van der Waals surface area contributed by atoms with Crippen LogP contribution in [0.25, 0.3) is 0 Å². The lowest BCUT2D eigenvalue weighted by Crippen LogP contribution is -2.45. The van der Waals surface area contributed by atoms with Gasteiger partial charge in [0.2, 0.25) is 0 Å². The number of benzene rings is 1. The SMILES string of the molecule is CC1=C(C(=O)O)C(c2ccc(Cl)cc2F)NC(=O)N1. The summed E-state index contributed by atoms with van der Waals surface area (Å²) < 4.78 is 13.9. The van der Waals surface area contributed by atoms with Crippen molar-refractivity contribution in [1.29, 1.82) is 0 Å². The number of rotatable bonds is 2. The number of carbonyl (C=O) groups excluding carboxylic acids is 1. The molecule has 0 radical (unpaired) electrons. The first-order valence-electron chi connectivity index (χ1n) is 5.36. The van der Waals surface area contributed by atoms with E-state index < -0.39 is 23.9 Å². The van der Waals surface area contributed by atoms with Crippen LogP contribution in [0.5, 0.6) is 0 Å². The molecule has 5 nitrogen and oxygen atoms in total. The van der Waals surface area contributed by atoms with Gasteiger partial charge in [-0.1, -0.05) is 17.7 Å². The second-order valence-electron chi connectivity index (χ2n) is 4.04. The number of nitrogens with one attached hydrogen (secondary N) is 2. The van der Waals surface area contributed by atoms with Crippen molar-refractivity contribution in [2.24, 2.45) is 0 Å². The van der Waals surface area contributed by atoms with Gasteiger partial charge < -0.3 is 15.7 Å². The summed E-state index contributed by atoms with van der Waals surface area (Å²) in [5, 5.41) is 14.1. The van der Waals surface area contributed by atoms with Crippen LogP contribution in [0, 0.1) is 5.82 Å². The summed E-state index contributed by atoms with van der Waals surface area (Å²) in [4.78, 5) is 22.6. The summed E-state index contributed by atoms with van der Waals surface area (Å²) in [7, 11) is 0. The zero-order valence-electron chi connectivity index (χ0n) is 9.83. The average Bonchev–Trinajstić information content (AvgIpc) is 2.26. The third-order valence-electron chi connectivity index (χ3n) is 2.77. The van der Waals surface area contributed by atoms with Crippen molar-refractivity contribution in [3.8, 4) is 0 Å². The highest BCUT2D eigenvalue weighted by Gasteiger charge is 2.32. The molecule has 2 rings (SSSR count). The number of aliphatic carboxylic acids is 1. The molecule has 19 heavy (non-hydrogen) atoms. The van der Waals surface area contributed by atoms with E-state index in [1.807, 2.05) is 0 Å². The molecule has 1 unspecified atom stereocenters. The van der Waals surface area contributed by atoms with Gasteiger partial charge in [0.1, 0.15) is 5.82 Å². The highest BCUT2D eigenvalue weighted by atomic mass is 35.5. The van der Waals surface area contributed by atoms with Crippen LogP contribution in [0.4, 0.5) is 9.18 Å². The molecular weight excluding hydrogens is 275 g/mol. The van der Waals surface area contributed by atoms with Crippen LogP contribution in [-0.4, -0.2) is 17.1 Å². The number of allylic oxidation sites excluding steroid dienone is 1. The summed E-state index contributed by atoms with van der Waals surface area (Å²) in [6.07, 6.45) is 0. The van der Waals surface area contributed by atoms with Gasteiger partial charge in [-0.2, -0.15) is 0 Å². The lowest BCUT2D eigenvalue weighted by Gasteiger charge is -2.27. The van der Waals surface area contributed by atoms with Gasteiger partial charge in [0, 0.05) is 16.3 Å². The lowest BCUT2D eigenvalue weighted by atomic mass is 9.95. The Morgan fingerprint density at radius 1 is 1.47 bits per heavy atom. The Hall–Kier alpha value is -2.08. The molecule has 1 aliphatic rings. The molecule has 1 atom stereocenters. The van der Waals surface area contributed by atoms with E-state index in [1.165, 1.54) is 19.1 Å². The monoisotopic (exact) mass is 284 g/mol. The Labute approximate surface area is 113 Å². The van der Waals surface area contributed by atoms with Crippen molar-refractivity contribution in [1.82, 2.24) is 10.6 Å². The highest BCUT2D eigenvalue weighted by Crippen LogP contribution is 2.29. The number of hydrogen-bond donors (Lipinski definition) is 3. The molecule has 2 amide bonds. The standard InChI is InChI=1S/C12H10ClFN2O3/c1-5-9(11(17)18)10(16-12(19)15-5)7-3-2-6(13)4-8(7)14/h2-4,10H,1H3,(H,17,18)(H2,15,16,19). The number of carbonyl (C=O) groups is 2. The van der Waals surface area contributed by atoms with Crippen LogP contribution in [0.2, 0.25) is 5.02 Å². The van der Waals surface area contributed by atoms with E-state index in [-0.39, 0.29) is 21.9 Å². The van der Waals surface area contributed by atoms with Crippen molar-refractivity contribution in [3.63, 3.8) is 0 Å². The van der Waals surface area contributed by atoms with E-state index in [2.05, 4.69) is 10.6 Å². The number of urea groups is 1. The largest absolute Gasteiger partial charge is 0.478 e. The van der Waals surface area contributed by atoms with Gasteiger partial charge in [0.15, 0.2) is 0 Å². The molecule has 0 fully saturated rings. The van der Waals surface area contributed by atoms with Crippen LogP contribution in [0.15, 0.2) is 29.5 Å². The molecular formula is C12H10ClFN2O3. The predicted octanol–water partition coefficient (Wildman–Crippen LogP) is 2.19. The maximum atomic E-state index is 13.9. The number of carboxylic acid groups (broad SMARTS) is 1. The maximum Gasteiger partial charge on any atom is 0.335 e. The Balaban J connectivity index is 2.55. The van der Waals surface area contributed by atoms with Gasteiger partial charge in [0.25, 0.3) is 0 Å². The van der Waals surface area contributed by atoms with Gasteiger partial charge in [-0.25, -0.2) is 14.0 Å². The summed E-state index contributed by atoms with van der Waals surface area (Å²) in [6.45, 7) is 1.45. The van der Waals surface area contributed by atoms with Crippen molar-refractivity contribution in [2.45, 2.75) is 13.0 Å². The fourth-order valence-corrected chi connectivity index (χ4v) is 2.11. The molecule has 100 valence electrons. The summed E-state index contributed by atoms with van der Waals surface area (Å²) in [5.41, 5.74) is 0.118. The van der Waals surface area contributed by atoms with Gasteiger partial charge >= 0.3 is 12.0 Å². The average molecular weight is 285 g/mol. The van der Waals surface area contributed by atoms with E-state index >= 15 is 0 Å². The number of halogens is 2. The molecule has 1 aromatic rings. The van der Waals surface area contributed by atoms with Crippen molar-refractivity contribution >= 4 is 23.6 Å². The van der Waals surface area contributed by atoms with Gasteiger partial charge in [-0.05, 0) is 19.1 Å². The minimum absolute atomic E-state index is 0.0519. The quantitative estimate of drug-likeness (QED) is 0.779. The fraction of sp³-hybridized carbons (Fsp3) is 0.167. The summed E-state index contributed by atoms with van der Waals surface area (Å²) in [5.74, 6) is -1.91. The molecule has 1 heterocycles. The second kappa shape index (κ2) is 4.89. The summed E-state index contributed by atoms with van der Waals surface area (Å²) >= 11 is 5.64. The Kier molecular flexibility index (Phi) is 3.44. The molecule has 0 saturated carbocycles. The first kappa shape index (κ1) is 13.4. The Bertz CT molecular complexity index is 601. The van der Waals surface area contributed by atoms with E-state index in [9.17, 15) is 19.1 Å². The molecule has 3 N–H and O–H groups in total. The molecule has 0 aliphatic carbocycles. The van der Waals surface area contributed by atoms with Crippen molar-refractivity contribution < 1.29 is 19.1 Å². The Morgan fingerprint density at radius 2 is 2.16 bits per heavy atom. The number of hydrogen-bond acceptors (Lipinski definition) is 2. The van der Waals surface area contributed by atoms with Crippen molar-refractivity contribution in [3.05, 3.63) is 45.9 Å². The van der Waals surface area contributed by atoms with Crippen LogP contribution < -0.4 is 10.6 Å². The van der Waals surface area contributed by atoms with Gasteiger partial charge in [-0.3, -0.25) is 0 Å². The minimum atomic E-state index is -1.23. The van der Waals surface area contributed by atoms with E-state index in [0.717, 1.165) is 6.07 Å². The zero-order chi connectivity index (χ0) is 14.2. The second-order valence-corrected chi connectivity index (χ2v) is 4.48. The predicted molar refractivity (Wildman–Crippen MR) is 66.2 cm³/mol. The topological polar surface area (TPSA) is 78.4 Å². The molecule has 0 aromatic heterocycles. The normalized spacial score (nSPS) is 18.9. The molecule has 1 aromatic carbocycles. The molecule has 7 heteroatoms. The lowest BCUT2D eigenvalue weighted by molar-refractivity contribution is -0.133. The van der Waals surface area contributed by atoms with Gasteiger partial charge in [-0.15, -0.1) is 0 Å². The molecule has 0 bridgehead atoms. The number of amides is 2. The molecule has 1 aliphatic heterocycles. The van der Waals surface area contributed by atoms with Crippen molar-refractivity contribution in [2.75, 3.05) is 0 Å². The maximum absolute atomic E-state index is 13.9. The third-order valence-corrected chi connectivity index (χ3v) is 3.01. The summed E-state index contributed by atoms with van der Waals surface area (Å²) in [6, 6.07) is 2.22. The first-order valence-corrected chi connectivity index (χ1v) is 5.74. The molecule has 0 spiro atoms. The third kappa shape index (κ3) is 2.53. The van der Waals surface area contributed by atoms with Gasteiger partial charge in [0.05, 0.1) is 11.6 Å². The van der Waals surface area contributed by atoms with Crippen LogP contribution in [0.1, 0.15) is 18.5 Å².